The molecule has 1 spiro atoms. The number of benzene rings is 3. The third kappa shape index (κ3) is 2.60. The van der Waals surface area contributed by atoms with Crippen LogP contribution in [-0.2, 0) is 10.8 Å². The Bertz CT molecular complexity index is 1540. The summed E-state index contributed by atoms with van der Waals surface area (Å²) in [6.45, 7) is 5.02. The zero-order valence-electron chi connectivity index (χ0n) is 22.7. The maximum absolute atomic E-state index is 6.74. The van der Waals surface area contributed by atoms with E-state index < -0.39 is 0 Å². The summed E-state index contributed by atoms with van der Waals surface area (Å²) in [7, 11) is 0. The molecule has 0 unspecified atom stereocenters. The van der Waals surface area contributed by atoms with Gasteiger partial charge >= 0.3 is 0 Å². The van der Waals surface area contributed by atoms with Crippen molar-refractivity contribution in [2.24, 2.45) is 23.7 Å². The largest absolute Gasteiger partial charge is 0.0843 e. The smallest absolute Gasteiger partial charge is 0.0412 e. The molecule has 7 aliphatic carbocycles. The maximum Gasteiger partial charge on any atom is 0.0412 e. The second kappa shape index (κ2) is 7.45. The van der Waals surface area contributed by atoms with E-state index >= 15 is 0 Å². The summed E-state index contributed by atoms with van der Waals surface area (Å²) >= 11 is 6.74. The van der Waals surface area contributed by atoms with Gasteiger partial charge in [0.2, 0.25) is 0 Å². The monoisotopic (exact) mass is 516 g/mol. The van der Waals surface area contributed by atoms with E-state index in [-0.39, 0.29) is 10.8 Å². The van der Waals surface area contributed by atoms with E-state index in [1.165, 1.54) is 80.0 Å². The molecule has 38 heavy (non-hydrogen) atoms. The summed E-state index contributed by atoms with van der Waals surface area (Å²) in [6, 6.07) is 19.1. The first-order chi connectivity index (χ1) is 18.5. The lowest BCUT2D eigenvalue weighted by molar-refractivity contribution is -0.0404. The molecule has 4 bridgehead atoms. The van der Waals surface area contributed by atoms with Crippen molar-refractivity contribution in [1.82, 2.24) is 0 Å². The van der Waals surface area contributed by atoms with Crippen molar-refractivity contribution in [2.45, 2.75) is 82.5 Å². The molecule has 7 aliphatic rings. The highest BCUT2D eigenvalue weighted by molar-refractivity contribution is 6.31. The predicted octanol–water partition coefficient (Wildman–Crippen LogP) is 10.3. The molecule has 0 saturated heterocycles. The van der Waals surface area contributed by atoms with E-state index in [0.29, 0.717) is 0 Å². The second-order valence-corrected chi connectivity index (χ2v) is 14.5. The van der Waals surface area contributed by atoms with E-state index in [0.717, 1.165) is 28.7 Å². The third-order valence-corrected chi connectivity index (χ3v) is 12.3. The quantitative estimate of drug-likeness (QED) is 0.301. The second-order valence-electron chi connectivity index (χ2n) is 14.1. The number of halogens is 1. The van der Waals surface area contributed by atoms with Gasteiger partial charge in [-0.3, -0.25) is 0 Å². The molecular weight excluding hydrogens is 480 g/mol. The molecule has 0 nitrogen and oxygen atoms in total. The molecule has 0 aliphatic heterocycles. The van der Waals surface area contributed by atoms with Gasteiger partial charge in [0.1, 0.15) is 0 Å². The fourth-order valence-corrected chi connectivity index (χ4v) is 11.1. The standard InChI is InChI=1S/C37H37Cl/c1-36(2)31-13-12-26(38)19-30(31)33-28(23-8-4-3-5-9-23)20-29-27-10-6-7-11-32(27)37(34(29)35(33)36)24-15-21-14-22(17-24)18-25(37)16-21/h6-8,10-13,19-22,24-25H,3-5,9,14-18H2,1-2H3. The van der Waals surface area contributed by atoms with Crippen molar-refractivity contribution in [1.29, 1.82) is 0 Å². The molecule has 1 heteroatoms. The molecule has 10 rings (SSSR count). The van der Waals surface area contributed by atoms with Crippen LogP contribution in [0.25, 0.3) is 27.8 Å². The Balaban J connectivity index is 1.44. The van der Waals surface area contributed by atoms with Crippen LogP contribution in [0.5, 0.6) is 0 Å². The molecule has 0 aromatic heterocycles. The zero-order chi connectivity index (χ0) is 25.4. The minimum atomic E-state index is -0.0334. The molecule has 192 valence electrons. The van der Waals surface area contributed by atoms with Gasteiger partial charge in [0.05, 0.1) is 0 Å². The zero-order valence-corrected chi connectivity index (χ0v) is 23.5. The van der Waals surface area contributed by atoms with Crippen molar-refractivity contribution >= 4 is 17.2 Å². The molecule has 0 atom stereocenters. The van der Waals surface area contributed by atoms with Crippen LogP contribution in [0.2, 0.25) is 5.02 Å². The van der Waals surface area contributed by atoms with E-state index in [2.05, 4.69) is 68.5 Å². The van der Waals surface area contributed by atoms with Gasteiger partial charge in [-0.15, -0.1) is 0 Å². The topological polar surface area (TPSA) is 0 Å². The maximum atomic E-state index is 6.74. The molecule has 4 fully saturated rings. The van der Waals surface area contributed by atoms with Crippen molar-refractivity contribution < 1.29 is 0 Å². The summed E-state index contributed by atoms with van der Waals surface area (Å²) in [5.41, 5.74) is 15.8. The lowest BCUT2D eigenvalue weighted by Crippen LogP contribution is -2.55. The number of fused-ring (bicyclic) bond motifs is 7. The molecule has 4 saturated carbocycles. The van der Waals surface area contributed by atoms with Crippen molar-refractivity contribution in [3.05, 3.63) is 87.4 Å². The van der Waals surface area contributed by atoms with Crippen molar-refractivity contribution in [2.75, 3.05) is 0 Å². The molecule has 0 heterocycles. The highest BCUT2D eigenvalue weighted by Crippen LogP contribution is 2.72. The molecule has 0 radical (unpaired) electrons. The van der Waals surface area contributed by atoms with Crippen molar-refractivity contribution in [3.63, 3.8) is 0 Å². The van der Waals surface area contributed by atoms with Crippen LogP contribution in [0.4, 0.5) is 0 Å². The normalized spacial score (nSPS) is 32.7. The molecule has 3 aromatic rings. The minimum Gasteiger partial charge on any atom is -0.0843 e. The Hall–Kier alpha value is -2.31. The van der Waals surface area contributed by atoms with Gasteiger partial charge in [0, 0.05) is 15.9 Å². The molecular formula is C37H37Cl. The first-order valence-electron chi connectivity index (χ1n) is 15.3. The Kier molecular flexibility index (Phi) is 4.41. The lowest BCUT2D eigenvalue weighted by atomic mass is 9.42. The average Bonchev–Trinajstić information content (AvgIpc) is 3.33. The van der Waals surface area contributed by atoms with Gasteiger partial charge < -0.3 is 0 Å². The highest BCUT2D eigenvalue weighted by atomic mass is 35.5. The van der Waals surface area contributed by atoms with Gasteiger partial charge in [-0.2, -0.15) is 0 Å². The Morgan fingerprint density at radius 2 is 1.47 bits per heavy atom. The number of hydrogen-bond acceptors (Lipinski definition) is 0. The van der Waals surface area contributed by atoms with Gasteiger partial charge in [0.25, 0.3) is 0 Å². The van der Waals surface area contributed by atoms with Gasteiger partial charge in [-0.25, -0.2) is 0 Å². The van der Waals surface area contributed by atoms with E-state index in [1.54, 1.807) is 33.4 Å². The fourth-order valence-electron chi connectivity index (χ4n) is 11.0. The molecule has 0 N–H and O–H groups in total. The van der Waals surface area contributed by atoms with Crippen LogP contribution in [0.3, 0.4) is 0 Å². The van der Waals surface area contributed by atoms with Crippen molar-refractivity contribution in [3.8, 4) is 22.3 Å². The number of rotatable bonds is 1. The summed E-state index contributed by atoms with van der Waals surface area (Å²) in [4.78, 5) is 0. The Morgan fingerprint density at radius 3 is 2.21 bits per heavy atom. The number of hydrogen-bond donors (Lipinski definition) is 0. The average molecular weight is 517 g/mol. The van der Waals surface area contributed by atoms with Gasteiger partial charge in [-0.1, -0.05) is 61.9 Å². The van der Waals surface area contributed by atoms with E-state index in [9.17, 15) is 0 Å². The third-order valence-electron chi connectivity index (χ3n) is 12.0. The first kappa shape index (κ1) is 22.5. The SMILES string of the molecule is CC1(C)c2ccc(Cl)cc2-c2c(C3=CCCCC3)cc3c(c21)C1(c2ccccc2-3)C2CC3CC(C2)CC1C3. The van der Waals surface area contributed by atoms with Crippen LogP contribution >= 0.6 is 11.6 Å². The van der Waals surface area contributed by atoms with Crippen LogP contribution in [0.15, 0.2) is 54.6 Å². The first-order valence-corrected chi connectivity index (χ1v) is 15.7. The number of allylic oxidation sites excluding steroid dienone is 2. The summed E-state index contributed by atoms with van der Waals surface area (Å²) < 4.78 is 0. The molecule has 3 aromatic carbocycles. The van der Waals surface area contributed by atoms with Crippen LogP contribution in [0.1, 0.15) is 99.5 Å². The summed E-state index contributed by atoms with van der Waals surface area (Å²) in [5, 5.41) is 0.865. The van der Waals surface area contributed by atoms with E-state index in [1.807, 2.05) is 0 Å². The summed E-state index contributed by atoms with van der Waals surface area (Å²) in [6.07, 6.45) is 14.8. The van der Waals surface area contributed by atoms with Gasteiger partial charge in [-0.05, 0) is 155 Å². The van der Waals surface area contributed by atoms with Gasteiger partial charge in [0.15, 0.2) is 0 Å². The van der Waals surface area contributed by atoms with E-state index in [4.69, 9.17) is 11.6 Å². The van der Waals surface area contributed by atoms with Crippen LogP contribution in [-0.4, -0.2) is 0 Å². The highest BCUT2D eigenvalue weighted by Gasteiger charge is 2.63. The summed E-state index contributed by atoms with van der Waals surface area (Å²) in [5.74, 6) is 3.49. The van der Waals surface area contributed by atoms with Crippen LogP contribution in [0, 0.1) is 23.7 Å². The Morgan fingerprint density at radius 1 is 0.711 bits per heavy atom. The Labute approximate surface area is 232 Å². The molecule has 0 amide bonds. The van der Waals surface area contributed by atoms with Crippen LogP contribution < -0.4 is 0 Å². The minimum absolute atomic E-state index is 0.0334. The lowest BCUT2D eigenvalue weighted by Gasteiger charge is -2.61. The predicted molar refractivity (Wildman–Crippen MR) is 159 cm³/mol. The fraction of sp³-hybridized carbons (Fsp3) is 0.459.